The van der Waals surface area contributed by atoms with Crippen molar-refractivity contribution in [2.24, 2.45) is 0 Å². The van der Waals surface area contributed by atoms with E-state index in [1.165, 1.54) is 21.6 Å². The lowest BCUT2D eigenvalue weighted by atomic mass is 10.1. The van der Waals surface area contributed by atoms with E-state index < -0.39 is 0 Å². The van der Waals surface area contributed by atoms with Gasteiger partial charge in [0.1, 0.15) is 18.0 Å². The molecular formula is C38H37Br2N3O5. The summed E-state index contributed by atoms with van der Waals surface area (Å²) in [7, 11) is 3.22. The number of methoxy groups -OCH3 is 2. The van der Waals surface area contributed by atoms with Gasteiger partial charge in [-0.1, -0.05) is 56.1 Å². The van der Waals surface area contributed by atoms with Crippen molar-refractivity contribution in [1.29, 1.82) is 0 Å². The zero-order valence-corrected chi connectivity index (χ0v) is 30.1. The van der Waals surface area contributed by atoms with Gasteiger partial charge in [0.15, 0.2) is 5.78 Å². The summed E-state index contributed by atoms with van der Waals surface area (Å²) in [5.41, 5.74) is 6.68. The number of rotatable bonds is 9. The van der Waals surface area contributed by atoms with Gasteiger partial charge in [-0.25, -0.2) is 9.69 Å². The fourth-order valence-corrected chi connectivity index (χ4v) is 7.52. The SMILES string of the molecule is COc1ccc(CC(=O)CNC2CCc3cc(Br)ccc32)cc1.COc1ccc(N2C(=O)CN(C3CCc4cc(Br)ccc43)C2=O)cc1. The van der Waals surface area contributed by atoms with Crippen LogP contribution in [0.25, 0.3) is 0 Å². The Morgan fingerprint density at radius 1 is 0.792 bits per heavy atom. The van der Waals surface area contributed by atoms with Crippen LogP contribution in [-0.4, -0.2) is 49.9 Å². The van der Waals surface area contributed by atoms with Gasteiger partial charge in [-0.3, -0.25) is 9.59 Å². The van der Waals surface area contributed by atoms with E-state index in [4.69, 9.17) is 9.47 Å². The number of ether oxygens (including phenoxy) is 2. The van der Waals surface area contributed by atoms with E-state index in [1.54, 1.807) is 43.4 Å². The first-order chi connectivity index (χ1) is 23.2. The van der Waals surface area contributed by atoms with Gasteiger partial charge in [0, 0.05) is 21.4 Å². The molecule has 2 atom stereocenters. The van der Waals surface area contributed by atoms with Crippen molar-refractivity contribution in [3.63, 3.8) is 0 Å². The molecular weight excluding hydrogens is 738 g/mol. The third-order valence-electron chi connectivity index (χ3n) is 9.14. The van der Waals surface area contributed by atoms with E-state index in [1.807, 2.05) is 36.4 Å². The van der Waals surface area contributed by atoms with Crippen LogP contribution in [0.1, 0.15) is 52.7 Å². The molecule has 0 aromatic heterocycles. The summed E-state index contributed by atoms with van der Waals surface area (Å²) < 4.78 is 12.4. The van der Waals surface area contributed by atoms with E-state index in [9.17, 15) is 14.4 Å². The maximum absolute atomic E-state index is 12.9. The highest BCUT2D eigenvalue weighted by molar-refractivity contribution is 9.10. The first-order valence-corrected chi connectivity index (χ1v) is 17.5. The molecule has 2 aliphatic carbocycles. The van der Waals surface area contributed by atoms with Crippen molar-refractivity contribution in [1.82, 2.24) is 10.2 Å². The van der Waals surface area contributed by atoms with E-state index >= 15 is 0 Å². The fourth-order valence-electron chi connectivity index (χ4n) is 6.70. The Balaban J connectivity index is 0.000000168. The summed E-state index contributed by atoms with van der Waals surface area (Å²) in [5, 5.41) is 3.41. The average Bonchev–Trinajstić information content (AvgIpc) is 3.78. The standard InChI is InChI=1S/C19H17BrN2O3.C19H20BrNO2/c1-25-15-6-4-14(5-7-15)22-18(23)11-21(19(22)24)17-9-2-12-10-13(20)3-8-16(12)17;1-23-17-6-2-13(3-7-17)10-16(22)12-21-19-9-4-14-11-15(20)5-8-18(14)19/h3-8,10,17H,2,9,11H2,1H3;2-3,5-8,11,19,21H,4,9-10,12H2,1H3. The Morgan fingerprint density at radius 3 is 2.02 bits per heavy atom. The molecule has 248 valence electrons. The Morgan fingerprint density at radius 2 is 1.38 bits per heavy atom. The highest BCUT2D eigenvalue weighted by Gasteiger charge is 2.43. The number of benzene rings is 4. The molecule has 0 radical (unpaired) electrons. The molecule has 7 rings (SSSR count). The molecule has 1 aliphatic heterocycles. The molecule has 4 aromatic rings. The zero-order valence-electron chi connectivity index (χ0n) is 26.9. The van der Waals surface area contributed by atoms with Gasteiger partial charge in [-0.2, -0.15) is 0 Å². The number of nitrogens with zero attached hydrogens (tertiary/aromatic N) is 2. The summed E-state index contributed by atoms with van der Waals surface area (Å²) in [6.07, 6.45) is 4.35. The van der Waals surface area contributed by atoms with Gasteiger partial charge in [-0.15, -0.1) is 0 Å². The van der Waals surface area contributed by atoms with Crippen molar-refractivity contribution in [3.8, 4) is 11.5 Å². The molecule has 0 bridgehead atoms. The molecule has 0 spiro atoms. The maximum Gasteiger partial charge on any atom is 0.332 e. The molecule has 0 saturated carbocycles. The molecule has 2 unspecified atom stereocenters. The van der Waals surface area contributed by atoms with Gasteiger partial charge >= 0.3 is 6.03 Å². The predicted octanol–water partition coefficient (Wildman–Crippen LogP) is 7.76. The van der Waals surface area contributed by atoms with Crippen LogP contribution in [0.4, 0.5) is 10.5 Å². The highest BCUT2D eigenvalue weighted by Crippen LogP contribution is 2.40. The summed E-state index contributed by atoms with van der Waals surface area (Å²) in [4.78, 5) is 40.6. The average molecular weight is 776 g/mol. The number of Topliss-reactive ketones (excluding diaryl/α,β-unsaturated/α-hetero) is 1. The van der Waals surface area contributed by atoms with E-state index in [0.717, 1.165) is 51.5 Å². The van der Waals surface area contributed by atoms with E-state index in [0.29, 0.717) is 24.4 Å². The Hall–Kier alpha value is -3.99. The minimum absolute atomic E-state index is 0.0391. The van der Waals surface area contributed by atoms with Crippen molar-refractivity contribution >= 4 is 55.3 Å². The number of imide groups is 1. The molecule has 1 saturated heterocycles. The van der Waals surface area contributed by atoms with E-state index in [-0.39, 0.29) is 36.3 Å². The van der Waals surface area contributed by atoms with Crippen molar-refractivity contribution < 1.29 is 23.9 Å². The summed E-state index contributed by atoms with van der Waals surface area (Å²) in [6.45, 7) is 0.525. The number of fused-ring (bicyclic) bond motifs is 2. The number of anilines is 1. The van der Waals surface area contributed by atoms with Crippen LogP contribution >= 0.6 is 31.9 Å². The number of hydrogen-bond acceptors (Lipinski definition) is 6. The van der Waals surface area contributed by atoms with Gasteiger partial charge in [0.2, 0.25) is 0 Å². The predicted molar refractivity (Wildman–Crippen MR) is 193 cm³/mol. The molecule has 3 aliphatic rings. The summed E-state index contributed by atoms with van der Waals surface area (Å²) in [5.74, 6) is 1.52. The summed E-state index contributed by atoms with van der Waals surface area (Å²) in [6, 6.07) is 27.2. The molecule has 1 N–H and O–H groups in total. The zero-order chi connectivity index (χ0) is 33.8. The van der Waals surface area contributed by atoms with Crippen LogP contribution in [0.5, 0.6) is 11.5 Å². The number of aryl methyl sites for hydroxylation is 2. The lowest BCUT2D eigenvalue weighted by Gasteiger charge is -2.24. The van der Waals surface area contributed by atoms with Crippen LogP contribution in [0.15, 0.2) is 93.9 Å². The molecule has 48 heavy (non-hydrogen) atoms. The van der Waals surface area contributed by atoms with Gasteiger partial charge < -0.3 is 19.7 Å². The molecule has 4 aromatic carbocycles. The summed E-state index contributed by atoms with van der Waals surface area (Å²) >= 11 is 7.00. The highest BCUT2D eigenvalue weighted by atomic mass is 79.9. The Bertz CT molecular complexity index is 1810. The number of nitrogens with one attached hydrogen (secondary N) is 1. The van der Waals surface area contributed by atoms with Crippen molar-refractivity contribution in [2.45, 2.75) is 44.2 Å². The third kappa shape index (κ3) is 7.51. The largest absolute Gasteiger partial charge is 0.497 e. The number of amides is 3. The van der Waals surface area contributed by atoms with Crippen molar-refractivity contribution in [2.75, 3.05) is 32.2 Å². The van der Waals surface area contributed by atoms with Gasteiger partial charge in [-0.05, 0) is 114 Å². The first kappa shape index (κ1) is 33.9. The van der Waals surface area contributed by atoms with Crippen molar-refractivity contribution in [3.05, 3.63) is 122 Å². The van der Waals surface area contributed by atoms with Crippen LogP contribution in [0, 0.1) is 0 Å². The number of halogens is 2. The quantitative estimate of drug-likeness (QED) is 0.175. The minimum Gasteiger partial charge on any atom is -0.497 e. The monoisotopic (exact) mass is 773 g/mol. The van der Waals surface area contributed by atoms with E-state index in [2.05, 4.69) is 61.4 Å². The van der Waals surface area contributed by atoms with Gasteiger partial charge in [0.05, 0.1) is 32.5 Å². The second-order valence-electron chi connectivity index (χ2n) is 12.1. The number of hydrogen-bond donors (Lipinski definition) is 1. The lowest BCUT2D eigenvalue weighted by Crippen LogP contribution is -2.34. The first-order valence-electron chi connectivity index (χ1n) is 16.0. The fraction of sp³-hybridized carbons (Fsp3) is 0.289. The van der Waals surface area contributed by atoms with Gasteiger partial charge in [0.25, 0.3) is 5.91 Å². The van der Waals surface area contributed by atoms with Crippen LogP contribution < -0.4 is 19.7 Å². The maximum atomic E-state index is 12.9. The number of ketones is 1. The molecule has 8 nitrogen and oxygen atoms in total. The molecule has 3 amide bonds. The number of carbonyl (C=O) groups excluding carboxylic acids is 3. The number of carbonyl (C=O) groups is 3. The lowest BCUT2D eigenvalue weighted by molar-refractivity contribution is -0.118. The Labute approximate surface area is 297 Å². The van der Waals surface area contributed by atoms with Crippen LogP contribution in [0.3, 0.4) is 0 Å². The molecule has 10 heteroatoms. The minimum atomic E-state index is -0.254. The Kier molecular flexibility index (Phi) is 10.6. The van der Waals surface area contributed by atoms with Crippen LogP contribution in [-0.2, 0) is 28.9 Å². The second-order valence-corrected chi connectivity index (χ2v) is 13.9. The normalized spacial score (nSPS) is 17.9. The molecule has 1 heterocycles. The number of urea groups is 1. The third-order valence-corrected chi connectivity index (χ3v) is 10.1. The molecule has 1 fully saturated rings. The van der Waals surface area contributed by atoms with Crippen LogP contribution in [0.2, 0.25) is 0 Å². The topological polar surface area (TPSA) is 88.2 Å². The second kappa shape index (κ2) is 15.1. The smallest absolute Gasteiger partial charge is 0.332 e.